The summed E-state index contributed by atoms with van der Waals surface area (Å²) in [4.78, 5) is 0. The molecule has 0 bridgehead atoms. The van der Waals surface area contributed by atoms with Gasteiger partial charge in [0.15, 0.2) is 0 Å². The summed E-state index contributed by atoms with van der Waals surface area (Å²) >= 11 is 3.41. The highest BCUT2D eigenvalue weighted by molar-refractivity contribution is 9.10. The fourth-order valence-corrected chi connectivity index (χ4v) is 2.07. The molecule has 3 nitrogen and oxygen atoms in total. The lowest BCUT2D eigenvalue weighted by Crippen LogP contribution is -2.07. The van der Waals surface area contributed by atoms with Gasteiger partial charge in [-0.3, -0.25) is 4.68 Å². The molecule has 4 heteroatoms. The summed E-state index contributed by atoms with van der Waals surface area (Å²) in [5.41, 5.74) is 1.80. The van der Waals surface area contributed by atoms with E-state index in [2.05, 4.69) is 34.9 Å². The van der Waals surface area contributed by atoms with Crippen molar-refractivity contribution >= 4 is 26.8 Å². The van der Waals surface area contributed by atoms with E-state index in [4.69, 9.17) is 0 Å². The molecule has 0 aliphatic rings. The number of benzene rings is 1. The quantitative estimate of drug-likeness (QED) is 0.910. The highest BCUT2D eigenvalue weighted by Crippen LogP contribution is 2.24. The summed E-state index contributed by atoms with van der Waals surface area (Å²) in [6.07, 6.45) is 0. The molecule has 1 N–H and O–H groups in total. The normalized spacial score (nSPS) is 11.5. The van der Waals surface area contributed by atoms with E-state index >= 15 is 0 Å². The monoisotopic (exact) mass is 268 g/mol. The summed E-state index contributed by atoms with van der Waals surface area (Å²) in [5, 5.41) is 14.8. The number of halogens is 1. The van der Waals surface area contributed by atoms with E-state index < -0.39 is 0 Å². The van der Waals surface area contributed by atoms with Gasteiger partial charge in [0.25, 0.3) is 0 Å². The number of nitrogens with zero attached hydrogens (tertiary/aromatic N) is 2. The Balaban J connectivity index is 2.73. The molecule has 1 heterocycles. The standard InChI is InChI=1S/C11H13BrN2O/c1-7(2)14-11(6-15)9-4-3-8(12)5-10(9)13-14/h3-5,7,15H,6H2,1-2H3. The highest BCUT2D eigenvalue weighted by Gasteiger charge is 2.12. The van der Waals surface area contributed by atoms with Crippen LogP contribution in [0.2, 0.25) is 0 Å². The minimum atomic E-state index is 0.0241. The lowest BCUT2D eigenvalue weighted by atomic mass is 10.2. The molecular weight excluding hydrogens is 256 g/mol. The fourth-order valence-electron chi connectivity index (χ4n) is 1.72. The van der Waals surface area contributed by atoms with E-state index in [0.717, 1.165) is 21.1 Å². The summed E-state index contributed by atoms with van der Waals surface area (Å²) in [5.74, 6) is 0. The molecule has 1 aromatic heterocycles. The van der Waals surface area contributed by atoms with Gasteiger partial charge in [-0.15, -0.1) is 0 Å². The van der Waals surface area contributed by atoms with E-state index in [9.17, 15) is 5.11 Å². The molecule has 1 aromatic carbocycles. The average Bonchev–Trinajstić information content (AvgIpc) is 2.55. The third-order valence-electron chi connectivity index (χ3n) is 2.40. The van der Waals surface area contributed by atoms with Crippen LogP contribution < -0.4 is 0 Å². The Hall–Kier alpha value is -0.870. The van der Waals surface area contributed by atoms with Crippen LogP contribution >= 0.6 is 15.9 Å². The number of rotatable bonds is 2. The molecule has 0 fully saturated rings. The second-order valence-corrected chi connectivity index (χ2v) is 4.72. The molecule has 0 atom stereocenters. The maximum absolute atomic E-state index is 9.35. The smallest absolute Gasteiger partial charge is 0.0938 e. The van der Waals surface area contributed by atoms with E-state index in [0.29, 0.717) is 0 Å². The van der Waals surface area contributed by atoms with E-state index in [1.54, 1.807) is 0 Å². The van der Waals surface area contributed by atoms with Crippen molar-refractivity contribution in [2.45, 2.75) is 26.5 Å². The second-order valence-electron chi connectivity index (χ2n) is 3.80. The molecule has 80 valence electrons. The summed E-state index contributed by atoms with van der Waals surface area (Å²) in [6.45, 7) is 4.14. The van der Waals surface area contributed by atoms with Crippen LogP contribution in [-0.4, -0.2) is 14.9 Å². The van der Waals surface area contributed by atoms with E-state index in [-0.39, 0.29) is 12.6 Å². The fraction of sp³-hybridized carbons (Fsp3) is 0.364. The Morgan fingerprint density at radius 3 is 2.80 bits per heavy atom. The van der Waals surface area contributed by atoms with Gasteiger partial charge in [0.05, 0.1) is 17.8 Å². The highest BCUT2D eigenvalue weighted by atomic mass is 79.9. The van der Waals surface area contributed by atoms with Crippen molar-refractivity contribution in [1.29, 1.82) is 0 Å². The van der Waals surface area contributed by atoms with Crippen LogP contribution in [0.5, 0.6) is 0 Å². The van der Waals surface area contributed by atoms with Crippen molar-refractivity contribution in [2.75, 3.05) is 0 Å². The third kappa shape index (κ3) is 1.79. The van der Waals surface area contributed by atoms with Crippen LogP contribution in [0, 0.1) is 0 Å². The minimum absolute atomic E-state index is 0.0241. The molecule has 0 saturated heterocycles. The first kappa shape index (κ1) is 10.6. The van der Waals surface area contributed by atoms with E-state index in [1.807, 2.05) is 22.9 Å². The van der Waals surface area contributed by atoms with Crippen molar-refractivity contribution in [3.63, 3.8) is 0 Å². The van der Waals surface area contributed by atoms with Gasteiger partial charge in [0.2, 0.25) is 0 Å². The SMILES string of the molecule is CC(C)n1nc2cc(Br)ccc2c1CO. The first-order valence-corrected chi connectivity index (χ1v) is 5.70. The molecule has 15 heavy (non-hydrogen) atoms. The van der Waals surface area contributed by atoms with Gasteiger partial charge < -0.3 is 5.11 Å². The van der Waals surface area contributed by atoms with Gasteiger partial charge in [-0.25, -0.2) is 0 Å². The average molecular weight is 269 g/mol. The number of aliphatic hydroxyl groups excluding tert-OH is 1. The second kappa shape index (κ2) is 3.94. The van der Waals surface area contributed by atoms with Gasteiger partial charge in [-0.1, -0.05) is 15.9 Å². The van der Waals surface area contributed by atoms with Gasteiger partial charge in [0, 0.05) is 15.9 Å². The lowest BCUT2D eigenvalue weighted by molar-refractivity contribution is 0.266. The minimum Gasteiger partial charge on any atom is -0.390 e. The lowest BCUT2D eigenvalue weighted by Gasteiger charge is -2.08. The van der Waals surface area contributed by atoms with Gasteiger partial charge in [-0.05, 0) is 32.0 Å². The zero-order valence-electron chi connectivity index (χ0n) is 8.74. The number of aromatic nitrogens is 2. The van der Waals surface area contributed by atoms with Crippen LogP contribution in [0.1, 0.15) is 25.6 Å². The Morgan fingerprint density at radius 1 is 1.47 bits per heavy atom. The molecule has 0 saturated carbocycles. The van der Waals surface area contributed by atoms with Crippen LogP contribution in [0.25, 0.3) is 10.9 Å². The van der Waals surface area contributed by atoms with Crippen LogP contribution in [0.15, 0.2) is 22.7 Å². The van der Waals surface area contributed by atoms with Crippen LogP contribution in [0.3, 0.4) is 0 Å². The maximum Gasteiger partial charge on any atom is 0.0938 e. The van der Waals surface area contributed by atoms with Crippen LogP contribution in [-0.2, 0) is 6.61 Å². The molecule has 0 aliphatic heterocycles. The zero-order valence-corrected chi connectivity index (χ0v) is 10.3. The summed E-state index contributed by atoms with van der Waals surface area (Å²) in [7, 11) is 0. The summed E-state index contributed by atoms with van der Waals surface area (Å²) < 4.78 is 2.88. The van der Waals surface area contributed by atoms with Crippen molar-refractivity contribution in [1.82, 2.24) is 9.78 Å². The molecule has 0 radical (unpaired) electrons. The van der Waals surface area contributed by atoms with Crippen molar-refractivity contribution < 1.29 is 5.11 Å². The van der Waals surface area contributed by atoms with Crippen molar-refractivity contribution in [3.8, 4) is 0 Å². The summed E-state index contributed by atoms with van der Waals surface area (Å²) in [6, 6.07) is 6.18. The first-order valence-electron chi connectivity index (χ1n) is 4.91. The molecule has 0 unspecified atom stereocenters. The molecule has 2 aromatic rings. The zero-order chi connectivity index (χ0) is 11.0. The molecule has 2 rings (SSSR count). The number of hydrogen-bond donors (Lipinski definition) is 1. The number of hydrogen-bond acceptors (Lipinski definition) is 2. The molecule has 0 amide bonds. The van der Waals surface area contributed by atoms with Crippen molar-refractivity contribution in [2.24, 2.45) is 0 Å². The Labute approximate surface area is 96.8 Å². The van der Waals surface area contributed by atoms with Gasteiger partial charge >= 0.3 is 0 Å². The largest absolute Gasteiger partial charge is 0.390 e. The molecule has 0 aliphatic carbocycles. The van der Waals surface area contributed by atoms with E-state index in [1.165, 1.54) is 0 Å². The first-order chi connectivity index (χ1) is 7.13. The Kier molecular flexibility index (Phi) is 2.80. The maximum atomic E-state index is 9.35. The predicted molar refractivity (Wildman–Crippen MR) is 63.7 cm³/mol. The predicted octanol–water partition coefficient (Wildman–Crippen LogP) is 2.87. The Morgan fingerprint density at radius 2 is 2.20 bits per heavy atom. The van der Waals surface area contributed by atoms with Gasteiger partial charge in [0.1, 0.15) is 0 Å². The number of aliphatic hydroxyl groups is 1. The van der Waals surface area contributed by atoms with Gasteiger partial charge in [-0.2, -0.15) is 5.10 Å². The van der Waals surface area contributed by atoms with Crippen molar-refractivity contribution in [3.05, 3.63) is 28.4 Å². The third-order valence-corrected chi connectivity index (χ3v) is 2.89. The molecule has 0 spiro atoms. The number of fused-ring (bicyclic) bond motifs is 1. The topological polar surface area (TPSA) is 38.0 Å². The molecular formula is C11H13BrN2O. The van der Waals surface area contributed by atoms with Crippen LogP contribution in [0.4, 0.5) is 0 Å². The Bertz CT molecular complexity index is 491.